The summed E-state index contributed by atoms with van der Waals surface area (Å²) >= 11 is 0. The predicted octanol–water partition coefficient (Wildman–Crippen LogP) is 1.37. The second kappa shape index (κ2) is 3.53. The molecule has 76 valence electrons. The van der Waals surface area contributed by atoms with Gasteiger partial charge in [0, 0.05) is 6.08 Å². The van der Waals surface area contributed by atoms with Gasteiger partial charge in [-0.05, 0) is 17.7 Å². The predicted molar refractivity (Wildman–Crippen MR) is 52.8 cm³/mol. The van der Waals surface area contributed by atoms with E-state index in [1.165, 1.54) is 24.5 Å². The maximum atomic E-state index is 11.3. The van der Waals surface area contributed by atoms with Crippen molar-refractivity contribution in [2.45, 2.75) is 6.42 Å². The first-order chi connectivity index (χ1) is 7.18. The van der Waals surface area contributed by atoms with Gasteiger partial charge in [-0.2, -0.15) is 0 Å². The normalized spacial score (nSPS) is 14.0. The molecule has 0 spiro atoms. The lowest BCUT2D eigenvalue weighted by Gasteiger charge is -1.99. The fourth-order valence-corrected chi connectivity index (χ4v) is 1.43. The third-order valence-electron chi connectivity index (χ3n) is 2.17. The number of hydrogen-bond donors (Lipinski definition) is 0. The van der Waals surface area contributed by atoms with E-state index in [1.807, 2.05) is 0 Å². The summed E-state index contributed by atoms with van der Waals surface area (Å²) in [7, 11) is 0. The average molecular weight is 205 g/mol. The highest BCUT2D eigenvalue weighted by molar-refractivity contribution is 5.56. The number of rotatable bonds is 1. The smallest absolute Gasteiger partial charge is 0.343 e. The summed E-state index contributed by atoms with van der Waals surface area (Å²) in [4.78, 5) is 21.4. The molecule has 5 heteroatoms. The lowest BCUT2D eigenvalue weighted by Crippen LogP contribution is -2.08. The fraction of sp³-hybridized carbons (Fsp3) is 0.100. The molecule has 2 rings (SSSR count). The van der Waals surface area contributed by atoms with Crippen LogP contribution in [0, 0.1) is 10.1 Å². The summed E-state index contributed by atoms with van der Waals surface area (Å²) in [5, 5.41) is 10.6. The number of fused-ring (bicyclic) bond motifs is 1. The Labute approximate surface area is 84.5 Å². The zero-order valence-corrected chi connectivity index (χ0v) is 7.67. The van der Waals surface area contributed by atoms with Crippen LogP contribution < -0.4 is 5.63 Å². The second-order valence-electron chi connectivity index (χ2n) is 3.10. The Hall–Kier alpha value is -2.17. The van der Waals surface area contributed by atoms with Gasteiger partial charge in [-0.25, -0.2) is 4.79 Å². The Balaban J connectivity index is 2.53. The Morgan fingerprint density at radius 3 is 3.00 bits per heavy atom. The van der Waals surface area contributed by atoms with Crippen LogP contribution in [-0.4, -0.2) is 4.92 Å². The Kier molecular flexibility index (Phi) is 2.21. The van der Waals surface area contributed by atoms with Gasteiger partial charge in [0.25, 0.3) is 5.70 Å². The fourth-order valence-electron chi connectivity index (χ4n) is 1.43. The van der Waals surface area contributed by atoms with Gasteiger partial charge >= 0.3 is 5.63 Å². The minimum absolute atomic E-state index is 0.0654. The number of hydrogen-bond acceptors (Lipinski definition) is 4. The van der Waals surface area contributed by atoms with Crippen molar-refractivity contribution in [2.24, 2.45) is 0 Å². The van der Waals surface area contributed by atoms with Crippen LogP contribution in [0.1, 0.15) is 11.1 Å². The summed E-state index contributed by atoms with van der Waals surface area (Å²) in [6.07, 6.45) is 5.79. The molecule has 15 heavy (non-hydrogen) atoms. The number of nitrogens with zero attached hydrogens (tertiary/aromatic N) is 1. The van der Waals surface area contributed by atoms with Crippen LogP contribution in [-0.2, 0) is 6.42 Å². The SMILES string of the molecule is O=c1occc2c1C=CC=C([N+](=O)[O-])C2. The molecule has 1 aromatic heterocycles. The van der Waals surface area contributed by atoms with Gasteiger partial charge in [0.2, 0.25) is 0 Å². The molecule has 0 aliphatic heterocycles. The summed E-state index contributed by atoms with van der Waals surface area (Å²) in [6.45, 7) is 0. The first-order valence-electron chi connectivity index (χ1n) is 4.31. The average Bonchev–Trinajstić information content (AvgIpc) is 2.40. The molecule has 0 atom stereocenters. The van der Waals surface area contributed by atoms with E-state index >= 15 is 0 Å². The summed E-state index contributed by atoms with van der Waals surface area (Å²) in [6, 6.07) is 1.57. The Morgan fingerprint density at radius 1 is 1.47 bits per heavy atom. The largest absolute Gasteiger partial charge is 0.431 e. The van der Waals surface area contributed by atoms with Gasteiger partial charge in [0.1, 0.15) is 0 Å². The quantitative estimate of drug-likeness (QED) is 0.512. The van der Waals surface area contributed by atoms with Gasteiger partial charge in [-0.15, -0.1) is 0 Å². The molecular weight excluding hydrogens is 198 g/mol. The van der Waals surface area contributed by atoms with E-state index in [9.17, 15) is 14.9 Å². The zero-order chi connectivity index (χ0) is 10.8. The first-order valence-corrected chi connectivity index (χ1v) is 4.31. The molecule has 0 bridgehead atoms. The molecule has 0 amide bonds. The van der Waals surface area contributed by atoms with E-state index in [1.54, 1.807) is 6.07 Å². The summed E-state index contributed by atoms with van der Waals surface area (Å²) < 4.78 is 4.68. The first kappa shape index (κ1) is 9.39. The minimum Gasteiger partial charge on any atom is -0.431 e. The van der Waals surface area contributed by atoms with Crippen molar-refractivity contribution < 1.29 is 9.34 Å². The highest BCUT2D eigenvalue weighted by Gasteiger charge is 2.16. The van der Waals surface area contributed by atoms with Crippen LogP contribution in [0.15, 0.2) is 39.4 Å². The van der Waals surface area contributed by atoms with Crippen molar-refractivity contribution in [1.29, 1.82) is 0 Å². The van der Waals surface area contributed by atoms with E-state index < -0.39 is 10.5 Å². The molecule has 1 heterocycles. The Morgan fingerprint density at radius 2 is 2.27 bits per heavy atom. The number of allylic oxidation sites excluding steroid dienone is 3. The maximum Gasteiger partial charge on any atom is 0.343 e. The second-order valence-corrected chi connectivity index (χ2v) is 3.10. The van der Waals surface area contributed by atoms with E-state index in [-0.39, 0.29) is 12.1 Å². The van der Waals surface area contributed by atoms with Gasteiger partial charge in [0.05, 0.1) is 23.2 Å². The highest BCUT2D eigenvalue weighted by atomic mass is 16.6. The van der Waals surface area contributed by atoms with Crippen molar-refractivity contribution in [3.05, 3.63) is 61.8 Å². The molecule has 1 aliphatic carbocycles. The van der Waals surface area contributed by atoms with E-state index in [0.717, 1.165) is 0 Å². The van der Waals surface area contributed by atoms with Gasteiger partial charge in [0.15, 0.2) is 0 Å². The maximum absolute atomic E-state index is 11.3. The third kappa shape index (κ3) is 1.71. The van der Waals surface area contributed by atoms with Crippen LogP contribution in [0.4, 0.5) is 0 Å². The molecule has 0 N–H and O–H groups in total. The molecule has 5 nitrogen and oxygen atoms in total. The van der Waals surface area contributed by atoms with Crippen molar-refractivity contribution in [2.75, 3.05) is 0 Å². The standard InChI is InChI=1S/C10H7NO4/c12-10-9-3-1-2-8(11(13)14)6-7(9)4-5-15-10/h1-5H,6H2. The monoisotopic (exact) mass is 205 g/mol. The van der Waals surface area contributed by atoms with Crippen molar-refractivity contribution in [3.63, 3.8) is 0 Å². The van der Waals surface area contributed by atoms with E-state index in [2.05, 4.69) is 4.42 Å². The molecule has 0 radical (unpaired) electrons. The molecule has 0 unspecified atom stereocenters. The van der Waals surface area contributed by atoms with Crippen LogP contribution in [0.25, 0.3) is 6.08 Å². The van der Waals surface area contributed by atoms with Crippen molar-refractivity contribution in [1.82, 2.24) is 0 Å². The minimum atomic E-state index is -0.471. The van der Waals surface area contributed by atoms with E-state index in [4.69, 9.17) is 0 Å². The van der Waals surface area contributed by atoms with Crippen LogP contribution in [0.3, 0.4) is 0 Å². The lowest BCUT2D eigenvalue weighted by molar-refractivity contribution is -0.427. The van der Waals surface area contributed by atoms with Crippen LogP contribution in [0.2, 0.25) is 0 Å². The van der Waals surface area contributed by atoms with Crippen molar-refractivity contribution in [3.8, 4) is 0 Å². The summed E-state index contributed by atoms with van der Waals surface area (Å²) in [5.41, 5.74) is 0.589. The molecule has 0 saturated carbocycles. The van der Waals surface area contributed by atoms with Crippen LogP contribution in [0.5, 0.6) is 0 Å². The van der Waals surface area contributed by atoms with Gasteiger partial charge < -0.3 is 4.42 Å². The summed E-state index contributed by atoms with van der Waals surface area (Å²) in [5.74, 6) is 0. The highest BCUT2D eigenvalue weighted by Crippen LogP contribution is 2.16. The number of nitro groups is 1. The molecule has 0 saturated heterocycles. The van der Waals surface area contributed by atoms with E-state index in [0.29, 0.717) is 11.1 Å². The lowest BCUT2D eigenvalue weighted by atomic mass is 10.1. The van der Waals surface area contributed by atoms with Gasteiger partial charge in [-0.1, -0.05) is 6.08 Å². The third-order valence-corrected chi connectivity index (χ3v) is 2.17. The van der Waals surface area contributed by atoms with Crippen LogP contribution >= 0.6 is 0 Å². The molecule has 1 aliphatic rings. The molecule has 1 aromatic rings. The topological polar surface area (TPSA) is 73.3 Å². The van der Waals surface area contributed by atoms with Gasteiger partial charge in [-0.3, -0.25) is 10.1 Å². The Bertz CT molecular complexity index is 524. The molecule has 0 aromatic carbocycles. The molecular formula is C10H7NO4. The molecule has 0 fully saturated rings. The zero-order valence-electron chi connectivity index (χ0n) is 7.67. The van der Waals surface area contributed by atoms with Crippen molar-refractivity contribution >= 4 is 6.08 Å².